The number of hydrogen-bond acceptors (Lipinski definition) is 6. The monoisotopic (exact) mass is 210 g/mol. The van der Waals surface area contributed by atoms with Crippen LogP contribution in [0.25, 0.3) is 0 Å². The number of nitrogen functional groups attached to an aromatic ring is 1. The van der Waals surface area contributed by atoms with Crippen LogP contribution in [0.2, 0.25) is 0 Å². The molecule has 0 aliphatic heterocycles. The summed E-state index contributed by atoms with van der Waals surface area (Å²) in [6, 6.07) is 0. The average Bonchev–Trinajstić information content (AvgIpc) is 2.75. The number of nitrogens with two attached hydrogens (primary N) is 1. The van der Waals surface area contributed by atoms with E-state index in [1.807, 2.05) is 0 Å². The maximum atomic E-state index is 11.4. The number of carbonyl (C=O) groups is 1. The van der Waals surface area contributed by atoms with Crippen molar-refractivity contribution in [1.29, 1.82) is 0 Å². The minimum Gasteiger partial charge on any atom is -0.374 e. The van der Waals surface area contributed by atoms with Gasteiger partial charge in [-0.15, -0.1) is 10.2 Å². The number of rotatable bonds is 2. The first kappa shape index (κ1) is 8.63. The second kappa shape index (κ2) is 3.42. The van der Waals surface area contributed by atoms with Crippen LogP contribution in [0, 0.1) is 0 Å². The molecule has 2 aromatic rings. The fourth-order valence-corrected chi connectivity index (χ4v) is 1.34. The van der Waals surface area contributed by atoms with Crippen LogP contribution in [-0.2, 0) is 0 Å². The highest BCUT2D eigenvalue weighted by atomic mass is 32.1. The number of aromatic nitrogens is 4. The summed E-state index contributed by atoms with van der Waals surface area (Å²) in [6.07, 6.45) is 3.05. The van der Waals surface area contributed by atoms with Gasteiger partial charge in [0.05, 0.1) is 11.9 Å². The van der Waals surface area contributed by atoms with Crippen molar-refractivity contribution in [1.82, 2.24) is 20.4 Å². The van der Waals surface area contributed by atoms with Gasteiger partial charge in [-0.25, -0.2) is 0 Å². The fourth-order valence-electron chi connectivity index (χ4n) is 0.830. The van der Waals surface area contributed by atoms with Crippen molar-refractivity contribution < 1.29 is 4.79 Å². The molecule has 7 nitrogen and oxygen atoms in total. The number of aromatic amines is 1. The summed E-state index contributed by atoms with van der Waals surface area (Å²) < 4.78 is 0. The summed E-state index contributed by atoms with van der Waals surface area (Å²) in [7, 11) is 0. The normalized spacial score (nSPS) is 10.0. The van der Waals surface area contributed by atoms with Crippen molar-refractivity contribution in [2.45, 2.75) is 0 Å². The molecule has 2 rings (SSSR count). The maximum absolute atomic E-state index is 11.4. The summed E-state index contributed by atoms with van der Waals surface area (Å²) in [5.41, 5.74) is 5.91. The highest BCUT2D eigenvalue weighted by Crippen LogP contribution is 2.12. The number of amides is 1. The third kappa shape index (κ3) is 1.69. The Hall–Kier alpha value is -1.96. The molecule has 1 amide bonds. The average molecular weight is 210 g/mol. The van der Waals surface area contributed by atoms with Crippen molar-refractivity contribution >= 4 is 28.1 Å². The van der Waals surface area contributed by atoms with E-state index in [0.29, 0.717) is 5.69 Å². The van der Waals surface area contributed by atoms with Gasteiger partial charge in [0.25, 0.3) is 5.91 Å². The molecule has 0 spiro atoms. The van der Waals surface area contributed by atoms with E-state index in [-0.39, 0.29) is 16.0 Å². The van der Waals surface area contributed by atoms with Gasteiger partial charge >= 0.3 is 0 Å². The van der Waals surface area contributed by atoms with E-state index in [1.165, 1.54) is 6.20 Å². The molecule has 0 atom stereocenters. The van der Waals surface area contributed by atoms with E-state index in [0.717, 1.165) is 11.3 Å². The lowest BCUT2D eigenvalue weighted by Gasteiger charge is -1.95. The molecule has 14 heavy (non-hydrogen) atoms. The smallest absolute Gasteiger partial charge is 0.286 e. The largest absolute Gasteiger partial charge is 0.374 e. The Morgan fingerprint density at radius 1 is 1.57 bits per heavy atom. The molecular formula is C6H6N6OS. The van der Waals surface area contributed by atoms with Gasteiger partial charge in [-0.3, -0.25) is 9.89 Å². The quantitative estimate of drug-likeness (QED) is 0.651. The zero-order chi connectivity index (χ0) is 9.97. The van der Waals surface area contributed by atoms with Gasteiger partial charge in [0.1, 0.15) is 0 Å². The lowest BCUT2D eigenvalue weighted by atomic mass is 10.5. The predicted octanol–water partition coefficient (Wildman–Crippen LogP) is 0.0957. The second-order valence-electron chi connectivity index (χ2n) is 2.39. The molecule has 0 saturated heterocycles. The lowest BCUT2D eigenvalue weighted by Crippen LogP contribution is -2.10. The molecular weight excluding hydrogens is 204 g/mol. The predicted molar refractivity (Wildman–Crippen MR) is 50.9 cm³/mol. The number of hydrogen-bond donors (Lipinski definition) is 3. The van der Waals surface area contributed by atoms with Crippen LogP contribution in [0.15, 0.2) is 12.4 Å². The number of H-pyrrole nitrogens is 1. The fraction of sp³-hybridized carbons (Fsp3) is 0. The highest BCUT2D eigenvalue weighted by Gasteiger charge is 2.11. The van der Waals surface area contributed by atoms with Crippen LogP contribution in [0.5, 0.6) is 0 Å². The maximum Gasteiger partial charge on any atom is 0.286 e. The first-order valence-electron chi connectivity index (χ1n) is 3.65. The standard InChI is InChI=1S/C6H6N6OS/c7-6-12-11-5(14-6)4(13)10-3-1-8-9-2-3/h1-2H,(H2,7,12)(H,8,9)(H,10,13). The zero-order valence-electron chi connectivity index (χ0n) is 6.89. The van der Waals surface area contributed by atoms with E-state index >= 15 is 0 Å². The minimum atomic E-state index is -0.347. The van der Waals surface area contributed by atoms with E-state index in [2.05, 4.69) is 25.7 Å². The minimum absolute atomic E-state index is 0.226. The molecule has 0 aliphatic carbocycles. The Balaban J connectivity index is 2.10. The van der Waals surface area contributed by atoms with E-state index in [4.69, 9.17) is 5.73 Å². The summed E-state index contributed by atoms with van der Waals surface area (Å²) in [5, 5.41) is 16.4. The molecule has 0 bridgehead atoms. The van der Waals surface area contributed by atoms with Gasteiger partial charge in [0, 0.05) is 6.20 Å². The molecule has 0 radical (unpaired) electrons. The number of nitrogens with zero attached hydrogens (tertiary/aromatic N) is 3. The van der Waals surface area contributed by atoms with E-state index in [1.54, 1.807) is 6.20 Å². The van der Waals surface area contributed by atoms with Crippen molar-refractivity contribution in [3.63, 3.8) is 0 Å². The van der Waals surface area contributed by atoms with E-state index < -0.39 is 0 Å². The number of nitrogens with one attached hydrogen (secondary N) is 2. The van der Waals surface area contributed by atoms with Gasteiger partial charge in [0.2, 0.25) is 10.1 Å². The van der Waals surface area contributed by atoms with Crippen LogP contribution < -0.4 is 11.1 Å². The summed E-state index contributed by atoms with van der Waals surface area (Å²) in [4.78, 5) is 11.4. The Morgan fingerprint density at radius 3 is 3.00 bits per heavy atom. The number of anilines is 2. The molecule has 2 aromatic heterocycles. The van der Waals surface area contributed by atoms with Crippen LogP contribution in [-0.4, -0.2) is 26.3 Å². The van der Waals surface area contributed by atoms with Gasteiger partial charge in [-0.2, -0.15) is 5.10 Å². The van der Waals surface area contributed by atoms with Crippen LogP contribution in [0.1, 0.15) is 9.80 Å². The van der Waals surface area contributed by atoms with E-state index in [9.17, 15) is 4.79 Å². The molecule has 0 fully saturated rings. The summed E-state index contributed by atoms with van der Waals surface area (Å²) in [6.45, 7) is 0. The molecule has 8 heteroatoms. The Labute approximate surface area is 82.4 Å². The molecule has 0 aromatic carbocycles. The van der Waals surface area contributed by atoms with Gasteiger partial charge < -0.3 is 11.1 Å². The molecule has 2 heterocycles. The lowest BCUT2D eigenvalue weighted by molar-refractivity contribution is 0.102. The molecule has 72 valence electrons. The Bertz CT molecular complexity index is 435. The first-order chi connectivity index (χ1) is 6.75. The zero-order valence-corrected chi connectivity index (χ0v) is 7.71. The van der Waals surface area contributed by atoms with Crippen molar-refractivity contribution in [3.8, 4) is 0 Å². The summed E-state index contributed by atoms with van der Waals surface area (Å²) >= 11 is 1.03. The molecule has 0 aliphatic rings. The van der Waals surface area contributed by atoms with Crippen LogP contribution in [0.3, 0.4) is 0 Å². The van der Waals surface area contributed by atoms with Crippen molar-refractivity contribution in [2.75, 3.05) is 11.1 Å². The van der Waals surface area contributed by atoms with Gasteiger partial charge in [-0.1, -0.05) is 11.3 Å². The highest BCUT2D eigenvalue weighted by molar-refractivity contribution is 7.16. The van der Waals surface area contributed by atoms with Gasteiger partial charge in [-0.05, 0) is 0 Å². The van der Waals surface area contributed by atoms with Crippen molar-refractivity contribution in [2.24, 2.45) is 0 Å². The first-order valence-corrected chi connectivity index (χ1v) is 4.46. The third-order valence-electron chi connectivity index (χ3n) is 1.39. The Morgan fingerprint density at radius 2 is 2.43 bits per heavy atom. The molecule has 0 saturated carbocycles. The van der Waals surface area contributed by atoms with Crippen molar-refractivity contribution in [3.05, 3.63) is 17.4 Å². The second-order valence-corrected chi connectivity index (χ2v) is 3.40. The SMILES string of the molecule is Nc1nnc(C(=O)Nc2cn[nH]c2)s1. The topological polar surface area (TPSA) is 110 Å². The van der Waals surface area contributed by atoms with Crippen LogP contribution >= 0.6 is 11.3 Å². The molecule has 0 unspecified atom stereocenters. The molecule has 4 N–H and O–H groups in total. The Kier molecular flexibility index (Phi) is 2.11. The number of carbonyl (C=O) groups excluding carboxylic acids is 1. The third-order valence-corrected chi connectivity index (χ3v) is 2.14. The van der Waals surface area contributed by atoms with Crippen LogP contribution in [0.4, 0.5) is 10.8 Å². The van der Waals surface area contributed by atoms with Gasteiger partial charge in [0.15, 0.2) is 0 Å². The summed E-state index contributed by atoms with van der Waals surface area (Å²) in [5.74, 6) is -0.347.